The van der Waals surface area contributed by atoms with E-state index in [-0.39, 0.29) is 6.09 Å². The number of ether oxygens (including phenoxy) is 2. The number of piperidine rings is 1. The van der Waals surface area contributed by atoms with E-state index in [0.29, 0.717) is 23.4 Å². The summed E-state index contributed by atoms with van der Waals surface area (Å²) >= 11 is 6.35. The van der Waals surface area contributed by atoms with Gasteiger partial charge in [-0.05, 0) is 69.9 Å². The molecule has 1 unspecified atom stereocenters. The lowest BCUT2D eigenvalue weighted by atomic mass is 9.98. The Morgan fingerprint density at radius 3 is 2.81 bits per heavy atom. The molecule has 3 heterocycles. The fourth-order valence-corrected chi connectivity index (χ4v) is 4.55. The highest BCUT2D eigenvalue weighted by atomic mass is 35.5. The quantitative estimate of drug-likeness (QED) is 0.483. The number of benzene rings is 1. The first-order chi connectivity index (χ1) is 15.2. The molecule has 1 fully saturated rings. The Balaban J connectivity index is 1.63. The van der Waals surface area contributed by atoms with Crippen LogP contribution in [0.4, 0.5) is 4.79 Å². The van der Waals surface area contributed by atoms with Crippen LogP contribution in [0.5, 0.6) is 5.88 Å². The van der Waals surface area contributed by atoms with Crippen molar-refractivity contribution in [3.05, 3.63) is 47.7 Å². The summed E-state index contributed by atoms with van der Waals surface area (Å²) in [7, 11) is 1.63. The van der Waals surface area contributed by atoms with Gasteiger partial charge in [0.25, 0.3) is 0 Å². The second kappa shape index (κ2) is 9.02. The Hall–Kier alpha value is -2.73. The van der Waals surface area contributed by atoms with Crippen molar-refractivity contribution in [3.63, 3.8) is 0 Å². The van der Waals surface area contributed by atoms with Crippen molar-refractivity contribution < 1.29 is 14.3 Å². The van der Waals surface area contributed by atoms with Crippen molar-refractivity contribution in [1.82, 2.24) is 14.5 Å². The lowest BCUT2D eigenvalue weighted by Crippen LogP contribution is -2.43. The number of carbonyl (C=O) groups is 1. The molecule has 1 aromatic carbocycles. The summed E-state index contributed by atoms with van der Waals surface area (Å²) in [4.78, 5) is 18.8. The minimum Gasteiger partial charge on any atom is -0.481 e. The molecule has 170 valence electrons. The van der Waals surface area contributed by atoms with Gasteiger partial charge < -0.3 is 18.9 Å². The first-order valence-electron chi connectivity index (χ1n) is 11.0. The van der Waals surface area contributed by atoms with Crippen LogP contribution in [0.15, 0.2) is 42.7 Å². The molecule has 6 nitrogen and oxygen atoms in total. The van der Waals surface area contributed by atoms with Crippen molar-refractivity contribution in [2.75, 3.05) is 20.2 Å². The highest BCUT2D eigenvalue weighted by Gasteiger charge is 2.28. The minimum atomic E-state index is -0.488. The number of pyridine rings is 1. The molecule has 4 rings (SSSR count). The van der Waals surface area contributed by atoms with Crippen LogP contribution in [0.1, 0.15) is 33.6 Å². The second-order valence-corrected chi connectivity index (χ2v) is 9.79. The summed E-state index contributed by atoms with van der Waals surface area (Å²) in [5.41, 5.74) is 2.58. The van der Waals surface area contributed by atoms with Crippen molar-refractivity contribution in [2.24, 2.45) is 5.92 Å². The molecule has 0 aliphatic carbocycles. The number of methoxy groups -OCH3 is 1. The number of hydrogen-bond acceptors (Lipinski definition) is 4. The molecule has 1 saturated heterocycles. The number of hydrogen-bond donors (Lipinski definition) is 0. The van der Waals surface area contributed by atoms with E-state index in [4.69, 9.17) is 21.1 Å². The van der Waals surface area contributed by atoms with Crippen LogP contribution in [0.3, 0.4) is 0 Å². The predicted octanol–water partition coefficient (Wildman–Crippen LogP) is 6.01. The fourth-order valence-electron chi connectivity index (χ4n) is 4.38. The molecule has 1 amide bonds. The molecule has 1 aliphatic rings. The monoisotopic (exact) mass is 455 g/mol. The molecule has 0 saturated carbocycles. The maximum atomic E-state index is 12.6. The van der Waals surface area contributed by atoms with E-state index >= 15 is 0 Å². The molecule has 0 bridgehead atoms. The molecule has 32 heavy (non-hydrogen) atoms. The van der Waals surface area contributed by atoms with E-state index in [9.17, 15) is 4.79 Å². The molecule has 1 atom stereocenters. The van der Waals surface area contributed by atoms with Crippen molar-refractivity contribution >= 4 is 28.6 Å². The van der Waals surface area contributed by atoms with Gasteiger partial charge in [-0.2, -0.15) is 0 Å². The van der Waals surface area contributed by atoms with Gasteiger partial charge in [0.05, 0.1) is 7.11 Å². The molecule has 1 aliphatic heterocycles. The number of carbonyl (C=O) groups excluding carboxylic acids is 1. The van der Waals surface area contributed by atoms with Crippen LogP contribution >= 0.6 is 11.6 Å². The van der Waals surface area contributed by atoms with Gasteiger partial charge in [0.2, 0.25) is 5.88 Å². The summed E-state index contributed by atoms with van der Waals surface area (Å²) < 4.78 is 13.4. The number of amides is 1. The molecular formula is C25H30ClN3O3. The average Bonchev–Trinajstić information content (AvgIpc) is 3.09. The summed E-state index contributed by atoms with van der Waals surface area (Å²) in [6.45, 7) is 7.94. The molecule has 0 spiro atoms. The normalized spacial score (nSPS) is 16.9. The zero-order chi connectivity index (χ0) is 22.9. The molecule has 3 aromatic rings. The minimum absolute atomic E-state index is 0.230. The summed E-state index contributed by atoms with van der Waals surface area (Å²) in [5.74, 6) is 0.923. The van der Waals surface area contributed by atoms with Gasteiger partial charge in [0, 0.05) is 59.1 Å². The molecule has 0 radical (unpaired) electrons. The standard InChI is InChI=1S/C25H30ClN3O3/c1-25(2,3)32-24(30)28-12-6-7-17(14-28)15-29-16-21(19-8-5-11-27-23(19)31-4)20-13-18(26)9-10-22(20)29/h5,8-11,13,16-17H,6-7,12,14-15H2,1-4H3. The van der Waals surface area contributed by atoms with Crippen LogP contribution in [0.2, 0.25) is 5.02 Å². The molecule has 7 heteroatoms. The van der Waals surface area contributed by atoms with E-state index < -0.39 is 5.60 Å². The fraction of sp³-hybridized carbons (Fsp3) is 0.440. The van der Waals surface area contributed by atoms with E-state index in [1.165, 1.54) is 0 Å². The molecule has 0 N–H and O–H groups in total. The lowest BCUT2D eigenvalue weighted by molar-refractivity contribution is 0.0158. The number of halogens is 1. The third-order valence-electron chi connectivity index (χ3n) is 5.72. The number of rotatable bonds is 4. The van der Waals surface area contributed by atoms with Crippen LogP contribution in [-0.4, -0.2) is 46.3 Å². The number of nitrogens with zero attached hydrogens (tertiary/aromatic N) is 3. The van der Waals surface area contributed by atoms with Gasteiger partial charge in [0.1, 0.15) is 5.60 Å². The largest absolute Gasteiger partial charge is 0.481 e. The van der Waals surface area contributed by atoms with E-state index in [1.807, 2.05) is 49.9 Å². The number of fused-ring (bicyclic) bond motifs is 1. The van der Waals surface area contributed by atoms with Crippen LogP contribution in [0, 0.1) is 5.92 Å². The maximum absolute atomic E-state index is 12.6. The highest BCUT2D eigenvalue weighted by molar-refractivity contribution is 6.31. The Labute approximate surface area is 194 Å². The van der Waals surface area contributed by atoms with E-state index in [2.05, 4.69) is 21.8 Å². The van der Waals surface area contributed by atoms with Crippen molar-refractivity contribution in [3.8, 4) is 17.0 Å². The van der Waals surface area contributed by atoms with Crippen LogP contribution in [-0.2, 0) is 11.3 Å². The van der Waals surface area contributed by atoms with Crippen molar-refractivity contribution in [1.29, 1.82) is 0 Å². The Morgan fingerprint density at radius 1 is 1.25 bits per heavy atom. The summed E-state index contributed by atoms with van der Waals surface area (Å²) in [6.07, 6.45) is 5.68. The van der Waals surface area contributed by atoms with Gasteiger partial charge in [-0.25, -0.2) is 9.78 Å². The topological polar surface area (TPSA) is 56.6 Å². The SMILES string of the molecule is COc1ncccc1-c1cn(CC2CCCN(C(=O)OC(C)(C)C)C2)c2ccc(Cl)cc12. The zero-order valence-corrected chi connectivity index (χ0v) is 19.9. The molecule has 2 aromatic heterocycles. The van der Waals surface area contributed by atoms with Gasteiger partial charge in [-0.1, -0.05) is 11.6 Å². The number of likely N-dealkylation sites (tertiary alicyclic amines) is 1. The maximum Gasteiger partial charge on any atom is 0.410 e. The predicted molar refractivity (Wildman–Crippen MR) is 127 cm³/mol. The Bertz CT molecular complexity index is 1120. The average molecular weight is 456 g/mol. The number of aromatic nitrogens is 2. The van der Waals surface area contributed by atoms with Crippen molar-refractivity contribution in [2.45, 2.75) is 45.8 Å². The Kier molecular flexibility index (Phi) is 6.33. The highest BCUT2D eigenvalue weighted by Crippen LogP contribution is 2.37. The molecular weight excluding hydrogens is 426 g/mol. The summed E-state index contributed by atoms with van der Waals surface area (Å²) in [6, 6.07) is 9.88. The van der Waals surface area contributed by atoms with Gasteiger partial charge >= 0.3 is 6.09 Å². The Morgan fingerprint density at radius 2 is 2.06 bits per heavy atom. The lowest BCUT2D eigenvalue weighted by Gasteiger charge is -2.34. The van der Waals surface area contributed by atoms with Gasteiger partial charge in [-0.15, -0.1) is 0 Å². The zero-order valence-electron chi connectivity index (χ0n) is 19.1. The second-order valence-electron chi connectivity index (χ2n) is 9.35. The van der Waals surface area contributed by atoms with Crippen LogP contribution in [0.25, 0.3) is 22.0 Å². The first-order valence-corrected chi connectivity index (χ1v) is 11.4. The summed E-state index contributed by atoms with van der Waals surface area (Å²) in [5, 5.41) is 1.75. The first kappa shape index (κ1) is 22.5. The van der Waals surface area contributed by atoms with E-state index in [0.717, 1.165) is 48.0 Å². The van der Waals surface area contributed by atoms with Crippen LogP contribution < -0.4 is 4.74 Å². The third-order valence-corrected chi connectivity index (χ3v) is 5.96. The van der Waals surface area contributed by atoms with E-state index in [1.54, 1.807) is 13.3 Å². The van der Waals surface area contributed by atoms with Gasteiger partial charge in [0.15, 0.2) is 0 Å². The third kappa shape index (κ3) is 4.85. The van der Waals surface area contributed by atoms with Gasteiger partial charge in [-0.3, -0.25) is 0 Å². The smallest absolute Gasteiger partial charge is 0.410 e.